The Morgan fingerprint density at radius 1 is 1.12 bits per heavy atom. The first-order valence-electron chi connectivity index (χ1n) is 7.62. The molecule has 3 rings (SSSR count). The first-order valence-corrected chi connectivity index (χ1v) is 7.62. The topological polar surface area (TPSA) is 81.8 Å². The van der Waals surface area contributed by atoms with E-state index in [9.17, 15) is 9.50 Å². The number of halogens is 1. The predicted molar refractivity (Wildman–Crippen MR) is 91.7 cm³/mol. The van der Waals surface area contributed by atoms with Crippen molar-refractivity contribution in [2.24, 2.45) is 0 Å². The molecule has 0 saturated carbocycles. The van der Waals surface area contributed by atoms with Crippen molar-refractivity contribution in [3.05, 3.63) is 82.9 Å². The average Bonchev–Trinajstić information content (AvgIpc) is 2.62. The van der Waals surface area contributed by atoms with Crippen LogP contribution in [-0.4, -0.2) is 15.1 Å². The minimum absolute atomic E-state index is 0.157. The Labute approximate surface area is 144 Å². The third-order valence-corrected chi connectivity index (χ3v) is 3.62. The summed E-state index contributed by atoms with van der Waals surface area (Å²) in [6.07, 6.45) is -1.19. The highest BCUT2D eigenvalue weighted by atomic mass is 19.1. The zero-order valence-electron chi connectivity index (χ0n) is 13.4. The van der Waals surface area contributed by atoms with Crippen LogP contribution in [0.2, 0.25) is 0 Å². The van der Waals surface area contributed by atoms with Crippen LogP contribution in [0.15, 0.2) is 54.6 Å². The van der Waals surface area contributed by atoms with Gasteiger partial charge in [0.25, 0.3) is 0 Å². The lowest BCUT2D eigenvalue weighted by Crippen LogP contribution is -2.08. The Balaban J connectivity index is 1.90. The molecule has 1 aromatic heterocycles. The Kier molecular flexibility index (Phi) is 4.68. The van der Waals surface area contributed by atoms with Crippen molar-refractivity contribution in [1.29, 1.82) is 5.26 Å². The molecular weight excluding hydrogens is 319 g/mol. The Hall–Kier alpha value is -3.30. The summed E-state index contributed by atoms with van der Waals surface area (Å²) < 4.78 is 13.9. The number of hydrogen-bond donors (Lipinski definition) is 2. The molecule has 1 heterocycles. The van der Waals surface area contributed by atoms with Crippen molar-refractivity contribution < 1.29 is 9.50 Å². The highest BCUT2D eigenvalue weighted by Crippen LogP contribution is 2.24. The molecular formula is C19H15FN4O. The fourth-order valence-electron chi connectivity index (χ4n) is 2.40. The first-order chi connectivity index (χ1) is 12.1. The molecule has 0 saturated heterocycles. The number of anilines is 2. The lowest BCUT2D eigenvalue weighted by molar-refractivity contribution is 0.210. The first kappa shape index (κ1) is 16.6. The van der Waals surface area contributed by atoms with E-state index in [-0.39, 0.29) is 11.5 Å². The largest absolute Gasteiger partial charge is 0.382 e. The molecule has 5 nitrogen and oxygen atoms in total. The van der Waals surface area contributed by atoms with E-state index in [1.54, 1.807) is 49.4 Å². The van der Waals surface area contributed by atoms with Crippen LogP contribution in [0.25, 0.3) is 0 Å². The maximum atomic E-state index is 13.9. The molecule has 0 aliphatic heterocycles. The van der Waals surface area contributed by atoms with E-state index < -0.39 is 11.9 Å². The van der Waals surface area contributed by atoms with Crippen molar-refractivity contribution in [3.63, 3.8) is 0 Å². The summed E-state index contributed by atoms with van der Waals surface area (Å²) in [7, 11) is 0. The van der Waals surface area contributed by atoms with Crippen molar-refractivity contribution in [1.82, 2.24) is 9.97 Å². The molecule has 0 amide bonds. The lowest BCUT2D eigenvalue weighted by atomic mass is 10.1. The van der Waals surface area contributed by atoms with Crippen molar-refractivity contribution in [3.8, 4) is 6.07 Å². The summed E-state index contributed by atoms with van der Waals surface area (Å²) in [6, 6.07) is 16.5. The summed E-state index contributed by atoms with van der Waals surface area (Å²) in [5, 5.41) is 22.3. The number of nitriles is 1. The minimum Gasteiger partial charge on any atom is -0.382 e. The number of hydrogen-bond acceptors (Lipinski definition) is 5. The van der Waals surface area contributed by atoms with E-state index >= 15 is 0 Å². The van der Waals surface area contributed by atoms with Crippen LogP contribution in [0.4, 0.5) is 16.0 Å². The van der Waals surface area contributed by atoms with Gasteiger partial charge in [-0.2, -0.15) is 5.26 Å². The Bertz CT molecular complexity index is 935. The van der Waals surface area contributed by atoms with Gasteiger partial charge in [0, 0.05) is 16.9 Å². The van der Waals surface area contributed by atoms with Crippen LogP contribution in [0.1, 0.15) is 28.6 Å². The molecule has 6 heteroatoms. The lowest BCUT2D eigenvalue weighted by Gasteiger charge is -2.14. The molecule has 0 radical (unpaired) electrons. The molecule has 0 spiro atoms. The molecule has 3 aromatic rings. The smallest absolute Gasteiger partial charge is 0.227 e. The Morgan fingerprint density at radius 3 is 2.52 bits per heavy atom. The second-order valence-electron chi connectivity index (χ2n) is 5.50. The molecule has 2 N–H and O–H groups in total. The van der Waals surface area contributed by atoms with Crippen LogP contribution >= 0.6 is 0 Å². The zero-order valence-corrected chi connectivity index (χ0v) is 13.4. The number of aromatic nitrogens is 2. The second kappa shape index (κ2) is 7.07. The molecule has 1 atom stereocenters. The summed E-state index contributed by atoms with van der Waals surface area (Å²) in [5.41, 5.74) is 2.34. The third kappa shape index (κ3) is 3.79. The molecule has 0 aliphatic rings. The highest BCUT2D eigenvalue weighted by Gasteiger charge is 2.17. The van der Waals surface area contributed by atoms with E-state index in [0.717, 1.165) is 0 Å². The normalized spacial score (nSPS) is 11.6. The number of aliphatic hydroxyl groups excluding tert-OH is 1. The fraction of sp³-hybridized carbons (Fsp3) is 0.105. The molecule has 0 fully saturated rings. The number of aliphatic hydroxyl groups is 1. The van der Waals surface area contributed by atoms with Crippen LogP contribution < -0.4 is 5.32 Å². The third-order valence-electron chi connectivity index (χ3n) is 3.62. The molecule has 0 aliphatic carbocycles. The van der Waals surface area contributed by atoms with Crippen LogP contribution in [0.3, 0.4) is 0 Å². The number of benzene rings is 2. The molecule has 25 heavy (non-hydrogen) atoms. The van der Waals surface area contributed by atoms with Gasteiger partial charge in [0.1, 0.15) is 11.9 Å². The summed E-state index contributed by atoms with van der Waals surface area (Å²) in [4.78, 5) is 8.56. The standard InChI is InChI=1S/C19H15FN4O/c1-12-10-17(18(25)15-4-2-3-5-16(15)20)24-19(22-12)23-14-8-6-13(11-21)7-9-14/h2-10,18,25H,1H3,(H,22,23,24). The summed E-state index contributed by atoms with van der Waals surface area (Å²) in [6.45, 7) is 1.77. The number of aryl methyl sites for hydroxylation is 1. The van der Waals surface area contributed by atoms with Crippen molar-refractivity contribution in [2.75, 3.05) is 5.32 Å². The maximum Gasteiger partial charge on any atom is 0.227 e. The van der Waals surface area contributed by atoms with E-state index in [2.05, 4.69) is 15.3 Å². The molecule has 0 bridgehead atoms. The van der Waals surface area contributed by atoms with Gasteiger partial charge in [-0.05, 0) is 43.3 Å². The van der Waals surface area contributed by atoms with Gasteiger partial charge < -0.3 is 10.4 Å². The van der Waals surface area contributed by atoms with Gasteiger partial charge >= 0.3 is 0 Å². The molecule has 2 aromatic carbocycles. The van der Waals surface area contributed by atoms with Gasteiger partial charge in [0.2, 0.25) is 5.95 Å². The predicted octanol–water partition coefficient (Wildman–Crippen LogP) is 3.62. The number of rotatable bonds is 4. The van der Waals surface area contributed by atoms with E-state index in [1.165, 1.54) is 12.1 Å². The molecule has 124 valence electrons. The zero-order chi connectivity index (χ0) is 17.8. The quantitative estimate of drug-likeness (QED) is 0.761. The average molecular weight is 334 g/mol. The van der Waals surface area contributed by atoms with Gasteiger partial charge in [-0.1, -0.05) is 18.2 Å². The van der Waals surface area contributed by atoms with Crippen molar-refractivity contribution >= 4 is 11.6 Å². The van der Waals surface area contributed by atoms with Gasteiger partial charge in [-0.3, -0.25) is 0 Å². The summed E-state index contributed by atoms with van der Waals surface area (Å²) >= 11 is 0. The number of nitrogens with one attached hydrogen (secondary N) is 1. The van der Waals surface area contributed by atoms with Gasteiger partial charge in [-0.25, -0.2) is 14.4 Å². The Morgan fingerprint density at radius 2 is 1.84 bits per heavy atom. The van der Waals surface area contributed by atoms with Crippen molar-refractivity contribution in [2.45, 2.75) is 13.0 Å². The van der Waals surface area contributed by atoms with Crippen LogP contribution in [0.5, 0.6) is 0 Å². The SMILES string of the molecule is Cc1cc(C(O)c2ccccc2F)nc(Nc2ccc(C#N)cc2)n1. The maximum absolute atomic E-state index is 13.9. The van der Waals surface area contributed by atoms with Crippen LogP contribution in [-0.2, 0) is 0 Å². The highest BCUT2D eigenvalue weighted by molar-refractivity contribution is 5.55. The minimum atomic E-state index is -1.19. The van der Waals surface area contributed by atoms with E-state index in [1.807, 2.05) is 6.07 Å². The van der Waals surface area contributed by atoms with Crippen LogP contribution in [0, 0.1) is 24.1 Å². The molecule has 1 unspecified atom stereocenters. The summed E-state index contributed by atoms with van der Waals surface area (Å²) in [5.74, 6) is -0.206. The second-order valence-corrected chi connectivity index (χ2v) is 5.50. The van der Waals surface area contributed by atoms with E-state index in [4.69, 9.17) is 5.26 Å². The number of nitrogens with zero attached hydrogens (tertiary/aromatic N) is 3. The monoisotopic (exact) mass is 334 g/mol. The van der Waals surface area contributed by atoms with Gasteiger partial charge in [-0.15, -0.1) is 0 Å². The van der Waals surface area contributed by atoms with E-state index in [0.29, 0.717) is 22.6 Å². The fourth-order valence-corrected chi connectivity index (χ4v) is 2.40. The van der Waals surface area contributed by atoms with Gasteiger partial charge in [0.05, 0.1) is 17.3 Å². The van der Waals surface area contributed by atoms with Gasteiger partial charge in [0.15, 0.2) is 0 Å².